The van der Waals surface area contributed by atoms with E-state index in [4.69, 9.17) is 0 Å². The van der Waals surface area contributed by atoms with Crippen LogP contribution in [0.5, 0.6) is 0 Å². The van der Waals surface area contributed by atoms with Gasteiger partial charge in [0.05, 0.1) is 0 Å². The summed E-state index contributed by atoms with van der Waals surface area (Å²) >= 11 is 0. The fourth-order valence-electron chi connectivity index (χ4n) is 1.30. The molecule has 1 rings (SSSR count). The molecule has 0 N–H and O–H groups in total. The molecule has 1 aromatic heterocycles. The van der Waals surface area contributed by atoms with Crippen LogP contribution in [0.25, 0.3) is 5.57 Å². The van der Waals surface area contributed by atoms with E-state index in [1.54, 1.807) is 0 Å². The zero-order valence-corrected chi connectivity index (χ0v) is 11.3. The molecule has 0 saturated carbocycles. The fourth-order valence-corrected chi connectivity index (χ4v) is 1.30. The van der Waals surface area contributed by atoms with Crippen LogP contribution in [0.4, 0.5) is 0 Å². The van der Waals surface area contributed by atoms with Gasteiger partial charge in [-0.25, -0.2) is 9.97 Å². The Labute approximate surface area is 104 Å². The molecular weight excluding hydrogens is 208 g/mol. The van der Waals surface area contributed by atoms with Crippen LogP contribution in [-0.4, -0.2) is 9.97 Å². The van der Waals surface area contributed by atoms with Gasteiger partial charge in [-0.05, 0) is 51.8 Å². The molecule has 0 bridgehead atoms. The lowest BCUT2D eigenvalue weighted by Crippen LogP contribution is -1.97. The molecule has 0 aliphatic heterocycles. The average molecular weight is 228 g/mol. The zero-order chi connectivity index (χ0) is 13.0. The Morgan fingerprint density at radius 2 is 1.94 bits per heavy atom. The molecule has 0 amide bonds. The maximum atomic E-state index is 4.50. The van der Waals surface area contributed by atoms with Crippen molar-refractivity contribution >= 4 is 5.57 Å². The topological polar surface area (TPSA) is 25.8 Å². The van der Waals surface area contributed by atoms with Crippen LogP contribution in [0.1, 0.15) is 37.9 Å². The van der Waals surface area contributed by atoms with Gasteiger partial charge < -0.3 is 0 Å². The normalized spacial score (nSPS) is 12.8. The van der Waals surface area contributed by atoms with Gasteiger partial charge in [0.15, 0.2) is 5.82 Å². The van der Waals surface area contributed by atoms with Crippen molar-refractivity contribution in [1.82, 2.24) is 9.97 Å². The third-order valence-electron chi connectivity index (χ3n) is 2.84. The Bertz CT molecular complexity index is 494. The highest BCUT2D eigenvalue weighted by atomic mass is 14.9. The lowest BCUT2D eigenvalue weighted by atomic mass is 10.1. The van der Waals surface area contributed by atoms with Crippen molar-refractivity contribution in [2.75, 3.05) is 0 Å². The molecule has 0 radical (unpaired) electrons. The average Bonchev–Trinajstić information content (AvgIpc) is 2.29. The van der Waals surface area contributed by atoms with Crippen LogP contribution >= 0.6 is 0 Å². The Kier molecular flexibility index (Phi) is 4.38. The molecule has 0 atom stereocenters. The monoisotopic (exact) mass is 228 g/mol. The Morgan fingerprint density at radius 1 is 1.29 bits per heavy atom. The second-order valence-electron chi connectivity index (χ2n) is 4.31. The van der Waals surface area contributed by atoms with Gasteiger partial charge in [0.25, 0.3) is 0 Å². The zero-order valence-electron chi connectivity index (χ0n) is 11.3. The minimum absolute atomic E-state index is 0.774. The summed E-state index contributed by atoms with van der Waals surface area (Å²) in [5.74, 6) is 0.774. The Hall–Kier alpha value is -1.70. The minimum atomic E-state index is 0.774. The van der Waals surface area contributed by atoms with E-state index in [9.17, 15) is 0 Å². The third kappa shape index (κ3) is 3.38. The predicted molar refractivity (Wildman–Crippen MR) is 73.7 cm³/mol. The number of rotatable bonds is 3. The van der Waals surface area contributed by atoms with Gasteiger partial charge in [-0.2, -0.15) is 0 Å². The summed E-state index contributed by atoms with van der Waals surface area (Å²) in [5.41, 5.74) is 5.39. The van der Waals surface area contributed by atoms with Crippen LogP contribution in [0.3, 0.4) is 0 Å². The van der Waals surface area contributed by atoms with Gasteiger partial charge in [0, 0.05) is 17.5 Å². The van der Waals surface area contributed by atoms with E-state index in [-0.39, 0.29) is 0 Å². The van der Waals surface area contributed by atoms with Crippen molar-refractivity contribution in [3.63, 3.8) is 0 Å². The van der Waals surface area contributed by atoms with Gasteiger partial charge in [0.1, 0.15) is 0 Å². The summed E-state index contributed by atoms with van der Waals surface area (Å²) in [6.45, 7) is 14.0. The van der Waals surface area contributed by atoms with E-state index in [2.05, 4.69) is 22.6 Å². The highest BCUT2D eigenvalue weighted by Gasteiger charge is 2.04. The van der Waals surface area contributed by atoms with E-state index in [0.29, 0.717) is 0 Å². The van der Waals surface area contributed by atoms with Crippen molar-refractivity contribution in [1.29, 1.82) is 0 Å². The first-order chi connectivity index (χ1) is 7.95. The van der Waals surface area contributed by atoms with Crippen LogP contribution in [0.15, 0.2) is 36.1 Å². The second-order valence-corrected chi connectivity index (χ2v) is 4.31. The first-order valence-electron chi connectivity index (χ1n) is 5.76. The first kappa shape index (κ1) is 13.4. The van der Waals surface area contributed by atoms with Gasteiger partial charge in [0.2, 0.25) is 0 Å². The summed E-state index contributed by atoms with van der Waals surface area (Å²) in [7, 11) is 0. The number of nitrogens with zero attached hydrogens (tertiary/aromatic N) is 2. The van der Waals surface area contributed by atoms with Crippen LogP contribution in [0.2, 0.25) is 0 Å². The number of hydrogen-bond donors (Lipinski definition) is 0. The van der Waals surface area contributed by atoms with E-state index in [1.165, 1.54) is 0 Å². The highest BCUT2D eigenvalue weighted by Crippen LogP contribution is 2.17. The van der Waals surface area contributed by atoms with Gasteiger partial charge >= 0.3 is 0 Å². The molecular formula is C15H20N2. The van der Waals surface area contributed by atoms with E-state index < -0.39 is 0 Å². The van der Waals surface area contributed by atoms with Gasteiger partial charge in [-0.1, -0.05) is 18.2 Å². The van der Waals surface area contributed by atoms with Gasteiger partial charge in [-0.15, -0.1) is 0 Å². The standard InChI is InChI=1S/C15H20N2/c1-7-14(8-11(4)10(2)3)15-16-9-12(5)13(6)17-15/h7-9H,2H2,1,3-6H3/b11-8+,14-7+. The molecule has 0 aliphatic carbocycles. The molecule has 2 heteroatoms. The molecule has 0 saturated heterocycles. The smallest absolute Gasteiger partial charge is 0.159 e. The molecule has 0 unspecified atom stereocenters. The summed E-state index contributed by atoms with van der Waals surface area (Å²) in [6, 6.07) is 0. The molecule has 17 heavy (non-hydrogen) atoms. The van der Waals surface area contributed by atoms with Crippen molar-refractivity contribution in [2.45, 2.75) is 34.6 Å². The fraction of sp³-hybridized carbons (Fsp3) is 0.333. The molecule has 1 aromatic rings. The summed E-state index contributed by atoms with van der Waals surface area (Å²) < 4.78 is 0. The molecule has 0 aromatic carbocycles. The van der Waals surface area contributed by atoms with Crippen molar-refractivity contribution < 1.29 is 0 Å². The largest absolute Gasteiger partial charge is 0.236 e. The number of aromatic nitrogens is 2. The molecule has 0 spiro atoms. The number of aryl methyl sites for hydroxylation is 2. The minimum Gasteiger partial charge on any atom is -0.236 e. The van der Waals surface area contributed by atoms with E-state index >= 15 is 0 Å². The highest BCUT2D eigenvalue weighted by molar-refractivity contribution is 5.71. The van der Waals surface area contributed by atoms with E-state index in [0.717, 1.165) is 33.8 Å². The maximum absolute atomic E-state index is 4.50. The summed E-state index contributed by atoms with van der Waals surface area (Å²) in [4.78, 5) is 8.87. The summed E-state index contributed by atoms with van der Waals surface area (Å²) in [5, 5.41) is 0. The quantitative estimate of drug-likeness (QED) is 0.730. The second kappa shape index (κ2) is 5.58. The van der Waals surface area contributed by atoms with Crippen molar-refractivity contribution in [3.05, 3.63) is 53.2 Å². The SMILES string of the molecule is C=C(C)/C(C)=C/C(=C\C)c1ncc(C)c(C)n1. The molecule has 1 heterocycles. The number of allylic oxidation sites excluding steroid dienone is 5. The first-order valence-corrected chi connectivity index (χ1v) is 5.76. The maximum Gasteiger partial charge on any atom is 0.159 e. The third-order valence-corrected chi connectivity index (χ3v) is 2.84. The van der Waals surface area contributed by atoms with E-state index in [1.807, 2.05) is 46.9 Å². The van der Waals surface area contributed by atoms with Crippen molar-refractivity contribution in [2.24, 2.45) is 0 Å². The molecule has 2 nitrogen and oxygen atoms in total. The van der Waals surface area contributed by atoms with Crippen molar-refractivity contribution in [3.8, 4) is 0 Å². The Morgan fingerprint density at radius 3 is 2.41 bits per heavy atom. The number of hydrogen-bond acceptors (Lipinski definition) is 2. The Balaban J connectivity index is 3.16. The lowest BCUT2D eigenvalue weighted by Gasteiger charge is -2.06. The molecule has 0 aliphatic rings. The predicted octanol–water partition coefficient (Wildman–Crippen LogP) is 4.02. The van der Waals surface area contributed by atoms with Crippen LogP contribution in [0, 0.1) is 13.8 Å². The van der Waals surface area contributed by atoms with Crippen LogP contribution in [-0.2, 0) is 0 Å². The van der Waals surface area contributed by atoms with Gasteiger partial charge in [-0.3, -0.25) is 0 Å². The van der Waals surface area contributed by atoms with Crippen LogP contribution < -0.4 is 0 Å². The summed E-state index contributed by atoms with van der Waals surface area (Å²) in [6.07, 6.45) is 5.97. The molecule has 0 fully saturated rings. The molecule has 90 valence electrons. The lowest BCUT2D eigenvalue weighted by molar-refractivity contribution is 1.03.